The summed E-state index contributed by atoms with van der Waals surface area (Å²) in [5.41, 5.74) is 1.65. The topological polar surface area (TPSA) is 138 Å². The van der Waals surface area contributed by atoms with Gasteiger partial charge in [-0.15, -0.1) is 0 Å². The van der Waals surface area contributed by atoms with E-state index in [1.165, 1.54) is 6.08 Å². The van der Waals surface area contributed by atoms with Gasteiger partial charge in [-0.05, 0) is 50.6 Å². The molecule has 1 aliphatic rings. The summed E-state index contributed by atoms with van der Waals surface area (Å²) >= 11 is 0. The summed E-state index contributed by atoms with van der Waals surface area (Å²) in [6.07, 6.45) is 3.02. The van der Waals surface area contributed by atoms with Gasteiger partial charge in [0.2, 0.25) is 0 Å². The fraction of sp³-hybridized carbons (Fsp3) is 0.350. The van der Waals surface area contributed by atoms with Crippen LogP contribution in [0.25, 0.3) is 0 Å². The van der Waals surface area contributed by atoms with Crippen LogP contribution in [0, 0.1) is 22.7 Å². The van der Waals surface area contributed by atoms with Crippen LogP contribution in [0.15, 0.2) is 41.7 Å². The molecule has 0 unspecified atom stereocenters. The van der Waals surface area contributed by atoms with Crippen LogP contribution in [0.3, 0.4) is 0 Å². The molecule has 0 radical (unpaired) electrons. The van der Waals surface area contributed by atoms with Gasteiger partial charge in [-0.25, -0.2) is 13.2 Å². The number of esters is 1. The molecule has 0 saturated carbocycles. The number of carbonyl (C=O) groups excluding carboxylic acids is 1. The minimum absolute atomic E-state index is 0. The third-order valence-corrected chi connectivity index (χ3v) is 5.14. The van der Waals surface area contributed by atoms with E-state index < -0.39 is 21.8 Å². The fourth-order valence-electron chi connectivity index (χ4n) is 3.11. The first kappa shape index (κ1) is 26.7. The van der Waals surface area contributed by atoms with E-state index in [2.05, 4.69) is 0 Å². The summed E-state index contributed by atoms with van der Waals surface area (Å²) in [6, 6.07) is 8.59. The number of fused-ring (bicyclic) bond motifs is 1. The molecule has 0 aromatic heterocycles. The number of nitriles is 2. The zero-order valence-corrected chi connectivity index (χ0v) is 20.5. The van der Waals surface area contributed by atoms with Crippen molar-refractivity contribution in [2.24, 2.45) is 0 Å². The van der Waals surface area contributed by atoms with Crippen molar-refractivity contribution in [3.63, 3.8) is 0 Å². The number of carbonyl (C=O) groups is 1. The molecule has 0 atom stereocenters. The van der Waals surface area contributed by atoms with E-state index in [4.69, 9.17) is 15.3 Å². The normalized spacial score (nSPS) is 13.6. The summed E-state index contributed by atoms with van der Waals surface area (Å²) in [7, 11) is -4.37. The van der Waals surface area contributed by atoms with Crippen LogP contribution in [0.5, 0.6) is 0 Å². The summed E-state index contributed by atoms with van der Waals surface area (Å²) in [5, 5.41) is 18.0. The maximum Gasteiger partial charge on any atom is 1.00 e. The Balaban J connectivity index is 0.00000480. The van der Waals surface area contributed by atoms with Gasteiger partial charge in [0.1, 0.15) is 23.5 Å². The third-order valence-electron chi connectivity index (χ3n) is 4.35. The average Bonchev–Trinajstić information content (AvgIpc) is 3.00. The number of ether oxygens (including phenoxy) is 1. The second-order valence-electron chi connectivity index (χ2n) is 6.26. The monoisotopic (exact) mass is 452 g/mol. The van der Waals surface area contributed by atoms with Crippen LogP contribution >= 0.6 is 0 Å². The number of rotatable bonds is 8. The Morgan fingerprint density at radius 2 is 1.87 bits per heavy atom. The number of hydrogen-bond acceptors (Lipinski definition) is 9. The molecule has 0 N–H and O–H groups in total. The van der Waals surface area contributed by atoms with Crippen molar-refractivity contribution in [2.75, 3.05) is 35.2 Å². The molecule has 0 spiro atoms. The van der Waals surface area contributed by atoms with Crippen molar-refractivity contribution in [3.05, 3.63) is 47.3 Å². The predicted molar refractivity (Wildman–Crippen MR) is 109 cm³/mol. The molecule has 1 aromatic rings. The fourth-order valence-corrected chi connectivity index (χ4v) is 3.59. The predicted octanol–water partition coefficient (Wildman–Crippen LogP) is -0.736. The van der Waals surface area contributed by atoms with Crippen molar-refractivity contribution in [1.82, 2.24) is 0 Å². The quantitative estimate of drug-likeness (QED) is 0.216. The first-order valence-electron chi connectivity index (χ1n) is 9.27. The van der Waals surface area contributed by atoms with E-state index in [9.17, 15) is 17.8 Å². The van der Waals surface area contributed by atoms with Crippen LogP contribution in [0.4, 0.5) is 11.4 Å². The average molecular weight is 452 g/mol. The molecule has 31 heavy (non-hydrogen) atoms. The van der Waals surface area contributed by atoms with Gasteiger partial charge >= 0.3 is 35.5 Å². The van der Waals surface area contributed by atoms with Gasteiger partial charge in [-0.3, -0.25) is 0 Å². The second kappa shape index (κ2) is 11.9. The van der Waals surface area contributed by atoms with Gasteiger partial charge in [0.05, 0.1) is 33.7 Å². The molecule has 1 aromatic carbocycles. The molecular weight excluding hydrogens is 431 g/mol. The molecule has 0 bridgehead atoms. The molecule has 0 amide bonds. The Morgan fingerprint density at radius 3 is 2.42 bits per heavy atom. The largest absolute Gasteiger partial charge is 1.00 e. The smallest absolute Gasteiger partial charge is 0.748 e. The molecule has 2 rings (SSSR count). The number of benzene rings is 1. The molecule has 0 saturated heterocycles. The molecule has 1 heterocycles. The zero-order valence-electron chi connectivity index (χ0n) is 17.7. The van der Waals surface area contributed by atoms with Crippen LogP contribution in [-0.4, -0.2) is 44.4 Å². The van der Waals surface area contributed by atoms with Gasteiger partial charge in [0.25, 0.3) is 0 Å². The standard InChI is InChI=1S/C20H22N4O5S.Na/c1-3-23-17-8-7-16(20(25)29-4-2)12-18(17)24(10-5-11-30(26,27)28)19(23)9-6-15(13-21)14-22;/h6-9,12H,3-5,10-11H2,1-2H3,(H,26,27,28);/q;+1/p-1/b19-9+;. The molecule has 11 heteroatoms. The van der Waals surface area contributed by atoms with Crippen LogP contribution in [-0.2, 0) is 14.9 Å². The van der Waals surface area contributed by atoms with Crippen molar-refractivity contribution in [1.29, 1.82) is 10.5 Å². The maximum absolute atomic E-state index is 12.2. The maximum atomic E-state index is 12.2. The Kier molecular flexibility index (Phi) is 10.2. The van der Waals surface area contributed by atoms with E-state index in [0.717, 1.165) is 5.69 Å². The van der Waals surface area contributed by atoms with Crippen LogP contribution < -0.4 is 39.4 Å². The third kappa shape index (κ3) is 6.82. The van der Waals surface area contributed by atoms with Crippen LogP contribution in [0.1, 0.15) is 30.6 Å². The minimum Gasteiger partial charge on any atom is -0.748 e. The number of hydrogen-bond donors (Lipinski definition) is 0. The van der Waals surface area contributed by atoms with E-state index >= 15 is 0 Å². The van der Waals surface area contributed by atoms with Crippen LogP contribution in [0.2, 0.25) is 0 Å². The van der Waals surface area contributed by atoms with E-state index in [-0.39, 0.29) is 54.7 Å². The van der Waals surface area contributed by atoms with Gasteiger partial charge < -0.3 is 19.1 Å². The van der Waals surface area contributed by atoms with Crippen molar-refractivity contribution in [2.45, 2.75) is 20.3 Å². The molecule has 0 fully saturated rings. The first-order chi connectivity index (χ1) is 14.3. The molecule has 1 aliphatic heterocycles. The molecular formula is C20H21N4NaO5S. The van der Waals surface area contributed by atoms with E-state index in [1.54, 1.807) is 48.2 Å². The Labute approximate surface area is 204 Å². The van der Waals surface area contributed by atoms with Crippen molar-refractivity contribution in [3.8, 4) is 12.1 Å². The molecule has 0 aliphatic carbocycles. The number of anilines is 2. The van der Waals surface area contributed by atoms with Gasteiger partial charge in [0.15, 0.2) is 0 Å². The number of allylic oxidation sites excluding steroid dienone is 3. The number of nitrogens with zero attached hydrogens (tertiary/aromatic N) is 4. The summed E-state index contributed by atoms with van der Waals surface area (Å²) < 4.78 is 38.1. The van der Waals surface area contributed by atoms with Gasteiger partial charge in [-0.1, -0.05) is 0 Å². The minimum atomic E-state index is -4.37. The van der Waals surface area contributed by atoms with Crippen molar-refractivity contribution < 1.29 is 52.1 Å². The van der Waals surface area contributed by atoms with Gasteiger partial charge in [0, 0.05) is 18.8 Å². The Morgan fingerprint density at radius 1 is 1.19 bits per heavy atom. The summed E-state index contributed by atoms with van der Waals surface area (Å²) in [5.74, 6) is -0.424. The van der Waals surface area contributed by atoms with Gasteiger partial charge in [-0.2, -0.15) is 10.5 Å². The van der Waals surface area contributed by atoms with E-state index in [0.29, 0.717) is 23.6 Å². The van der Waals surface area contributed by atoms with Crippen molar-refractivity contribution >= 4 is 27.5 Å². The second-order valence-corrected chi connectivity index (χ2v) is 7.79. The SMILES string of the molecule is CCOC(=O)c1ccc2c(c1)N(CCCS(=O)(=O)[O-])/C(=C/C=C(C#N)C#N)N2CC.[Na+]. The zero-order chi connectivity index (χ0) is 22.3. The van der Waals surface area contributed by atoms with E-state index in [1.807, 2.05) is 11.8 Å². The Bertz CT molecular complexity index is 1050. The summed E-state index contributed by atoms with van der Waals surface area (Å²) in [6.45, 7) is 4.56. The Hall–Kier alpha value is -2.34. The summed E-state index contributed by atoms with van der Waals surface area (Å²) in [4.78, 5) is 15.8. The molecule has 9 nitrogen and oxygen atoms in total. The molecule has 158 valence electrons. The first-order valence-corrected chi connectivity index (χ1v) is 10.8.